The predicted octanol–water partition coefficient (Wildman–Crippen LogP) is 1.21. The summed E-state index contributed by atoms with van der Waals surface area (Å²) < 4.78 is 0. The number of aromatic nitrogens is 2. The topological polar surface area (TPSA) is 63.8 Å². The van der Waals surface area contributed by atoms with Crippen molar-refractivity contribution < 1.29 is 17.0 Å². The number of hydrogen-bond donors (Lipinski definition) is 2. The summed E-state index contributed by atoms with van der Waals surface area (Å²) in [6.45, 7) is 4.03. The molecule has 2 heterocycles. The van der Waals surface area contributed by atoms with E-state index in [1.165, 1.54) is 0 Å². The Kier molecular flexibility index (Phi) is 4.97. The number of nitrogens with zero attached hydrogens (tertiary/aromatic N) is 2. The summed E-state index contributed by atoms with van der Waals surface area (Å²) in [6.07, 6.45) is 0. The summed E-state index contributed by atoms with van der Waals surface area (Å²) >= 11 is 3.26. The fourth-order valence-corrected chi connectivity index (χ4v) is 3.57. The standard InChI is InChI=1S/C14H14N4S2.BrH/c1-8-13(20-9(2)16-8)12-7-19-14(18-12)17-11-5-3-10(15)4-6-11;/h3-7H,15H2,1-2H3,(H,17,18);1H/p-1. The first-order chi connectivity index (χ1) is 9.61. The number of rotatable bonds is 3. The molecule has 0 amide bonds. The highest BCUT2D eigenvalue weighted by Crippen LogP contribution is 2.32. The number of anilines is 3. The molecule has 0 saturated carbocycles. The summed E-state index contributed by atoms with van der Waals surface area (Å²) in [6, 6.07) is 7.62. The molecule has 110 valence electrons. The third-order valence-electron chi connectivity index (χ3n) is 2.80. The van der Waals surface area contributed by atoms with Gasteiger partial charge in [-0.1, -0.05) is 0 Å². The Morgan fingerprint density at radius 3 is 2.43 bits per heavy atom. The van der Waals surface area contributed by atoms with E-state index in [2.05, 4.69) is 20.7 Å². The first kappa shape index (κ1) is 15.9. The van der Waals surface area contributed by atoms with Gasteiger partial charge in [0.05, 0.1) is 21.3 Å². The van der Waals surface area contributed by atoms with Crippen molar-refractivity contribution in [3.63, 3.8) is 0 Å². The maximum atomic E-state index is 5.67. The van der Waals surface area contributed by atoms with Crippen molar-refractivity contribution in [3.8, 4) is 10.6 Å². The Bertz CT molecular complexity index is 734. The van der Waals surface area contributed by atoms with E-state index in [4.69, 9.17) is 5.73 Å². The average molecular weight is 382 g/mol. The van der Waals surface area contributed by atoms with Gasteiger partial charge in [-0.05, 0) is 38.1 Å². The maximum Gasteiger partial charge on any atom is 0.187 e. The van der Waals surface area contributed by atoms with Crippen molar-refractivity contribution in [1.82, 2.24) is 9.97 Å². The number of nitrogens with one attached hydrogen (secondary N) is 1. The molecule has 0 aliphatic carbocycles. The molecule has 7 heteroatoms. The second kappa shape index (κ2) is 6.55. The number of halogens is 1. The Morgan fingerprint density at radius 1 is 1.10 bits per heavy atom. The zero-order valence-corrected chi connectivity index (χ0v) is 14.8. The SMILES string of the molecule is Cc1nc(C)c(-c2csc(Nc3ccc(N)cc3)n2)s1.[Br-]. The van der Waals surface area contributed by atoms with E-state index in [0.717, 1.165) is 37.8 Å². The van der Waals surface area contributed by atoms with Crippen LogP contribution in [0.2, 0.25) is 0 Å². The van der Waals surface area contributed by atoms with Crippen LogP contribution in [0.4, 0.5) is 16.5 Å². The lowest BCUT2D eigenvalue weighted by molar-refractivity contribution is -0.00000417. The minimum Gasteiger partial charge on any atom is -1.00 e. The van der Waals surface area contributed by atoms with Crippen LogP contribution in [0.3, 0.4) is 0 Å². The van der Waals surface area contributed by atoms with E-state index in [-0.39, 0.29) is 17.0 Å². The summed E-state index contributed by atoms with van der Waals surface area (Å²) in [5.74, 6) is 0. The lowest BCUT2D eigenvalue weighted by Crippen LogP contribution is -3.00. The molecule has 0 aliphatic heterocycles. The molecular formula is C14H14BrN4S2-. The van der Waals surface area contributed by atoms with Crippen LogP contribution in [0.15, 0.2) is 29.6 Å². The van der Waals surface area contributed by atoms with Gasteiger partial charge >= 0.3 is 0 Å². The number of aryl methyl sites for hydroxylation is 2. The van der Waals surface area contributed by atoms with Crippen molar-refractivity contribution >= 4 is 39.2 Å². The smallest absolute Gasteiger partial charge is 0.187 e. The largest absolute Gasteiger partial charge is 1.00 e. The molecule has 0 radical (unpaired) electrons. The van der Waals surface area contributed by atoms with Crippen LogP contribution in [0.5, 0.6) is 0 Å². The summed E-state index contributed by atoms with van der Waals surface area (Å²) in [4.78, 5) is 10.2. The zero-order valence-electron chi connectivity index (χ0n) is 11.6. The Hall–Kier alpha value is -1.44. The summed E-state index contributed by atoms with van der Waals surface area (Å²) in [7, 11) is 0. The first-order valence-electron chi connectivity index (χ1n) is 6.14. The Labute approximate surface area is 141 Å². The molecule has 3 rings (SSSR count). The van der Waals surface area contributed by atoms with Crippen LogP contribution in [-0.4, -0.2) is 9.97 Å². The average Bonchev–Trinajstić information content (AvgIpc) is 2.99. The molecule has 0 aliphatic rings. The van der Waals surface area contributed by atoms with Crippen molar-refractivity contribution in [1.29, 1.82) is 0 Å². The first-order valence-corrected chi connectivity index (χ1v) is 7.84. The van der Waals surface area contributed by atoms with E-state index >= 15 is 0 Å². The summed E-state index contributed by atoms with van der Waals surface area (Å²) in [5, 5.41) is 7.28. The van der Waals surface area contributed by atoms with Gasteiger partial charge in [0.15, 0.2) is 5.13 Å². The van der Waals surface area contributed by atoms with E-state index in [0.29, 0.717) is 0 Å². The monoisotopic (exact) mass is 381 g/mol. The molecule has 3 aromatic rings. The number of hydrogen-bond acceptors (Lipinski definition) is 6. The predicted molar refractivity (Wildman–Crippen MR) is 86.8 cm³/mol. The van der Waals surface area contributed by atoms with E-state index < -0.39 is 0 Å². The molecule has 0 spiro atoms. The van der Waals surface area contributed by atoms with Crippen molar-refractivity contribution in [2.45, 2.75) is 13.8 Å². The van der Waals surface area contributed by atoms with Crippen LogP contribution in [0.25, 0.3) is 10.6 Å². The van der Waals surface area contributed by atoms with Crippen molar-refractivity contribution in [2.75, 3.05) is 11.1 Å². The fraction of sp³-hybridized carbons (Fsp3) is 0.143. The minimum absolute atomic E-state index is 0. The highest BCUT2D eigenvalue weighted by Gasteiger charge is 2.11. The van der Waals surface area contributed by atoms with Gasteiger partial charge in [-0.3, -0.25) is 0 Å². The van der Waals surface area contributed by atoms with Crippen molar-refractivity contribution in [2.24, 2.45) is 0 Å². The van der Waals surface area contributed by atoms with Crippen molar-refractivity contribution in [3.05, 3.63) is 40.3 Å². The molecule has 2 aromatic heterocycles. The number of thiazole rings is 2. The van der Waals surface area contributed by atoms with Crippen LogP contribution in [-0.2, 0) is 0 Å². The maximum absolute atomic E-state index is 5.67. The molecule has 0 unspecified atom stereocenters. The second-order valence-electron chi connectivity index (χ2n) is 4.43. The molecule has 3 N–H and O–H groups in total. The molecule has 0 saturated heterocycles. The Morgan fingerprint density at radius 2 is 1.81 bits per heavy atom. The molecule has 0 bridgehead atoms. The summed E-state index contributed by atoms with van der Waals surface area (Å²) in [5.41, 5.74) is 9.43. The normalized spacial score (nSPS) is 10.2. The minimum atomic E-state index is 0. The van der Waals surface area contributed by atoms with Gasteiger partial charge in [0, 0.05) is 16.8 Å². The molecule has 0 atom stereocenters. The third-order valence-corrected chi connectivity index (χ3v) is 4.66. The molecule has 21 heavy (non-hydrogen) atoms. The quantitative estimate of drug-likeness (QED) is 0.669. The van der Waals surface area contributed by atoms with Crippen LogP contribution in [0.1, 0.15) is 10.7 Å². The van der Waals surface area contributed by atoms with Gasteiger partial charge in [-0.2, -0.15) is 0 Å². The number of benzene rings is 1. The zero-order chi connectivity index (χ0) is 14.1. The van der Waals surface area contributed by atoms with Gasteiger partial charge in [-0.25, -0.2) is 9.97 Å². The van der Waals surface area contributed by atoms with E-state index in [9.17, 15) is 0 Å². The van der Waals surface area contributed by atoms with E-state index in [1.807, 2.05) is 38.1 Å². The van der Waals surface area contributed by atoms with Gasteiger partial charge in [0.1, 0.15) is 0 Å². The second-order valence-corrected chi connectivity index (χ2v) is 6.49. The number of nitrogens with two attached hydrogens (primary N) is 1. The Balaban J connectivity index is 0.00000161. The third kappa shape index (κ3) is 3.61. The van der Waals surface area contributed by atoms with Gasteiger partial charge in [0.2, 0.25) is 0 Å². The van der Waals surface area contributed by atoms with Gasteiger partial charge in [0.25, 0.3) is 0 Å². The van der Waals surface area contributed by atoms with E-state index in [1.54, 1.807) is 22.7 Å². The van der Waals surface area contributed by atoms with Gasteiger partial charge in [-0.15, -0.1) is 22.7 Å². The fourth-order valence-electron chi connectivity index (χ4n) is 1.89. The molecular weight excluding hydrogens is 368 g/mol. The van der Waals surface area contributed by atoms with Crippen LogP contribution < -0.4 is 28.0 Å². The lowest BCUT2D eigenvalue weighted by atomic mass is 10.3. The highest BCUT2D eigenvalue weighted by atomic mass is 79.9. The molecule has 0 fully saturated rings. The van der Waals surface area contributed by atoms with Crippen LogP contribution >= 0.6 is 22.7 Å². The highest BCUT2D eigenvalue weighted by molar-refractivity contribution is 7.16. The van der Waals surface area contributed by atoms with Gasteiger partial charge < -0.3 is 28.0 Å². The lowest BCUT2D eigenvalue weighted by Gasteiger charge is -2.02. The molecule has 1 aromatic carbocycles. The number of nitrogen functional groups attached to an aromatic ring is 1. The molecule has 4 nitrogen and oxygen atoms in total. The van der Waals surface area contributed by atoms with Crippen LogP contribution in [0, 0.1) is 13.8 Å².